The lowest BCUT2D eigenvalue weighted by molar-refractivity contribution is 0.142. The van der Waals surface area contributed by atoms with E-state index >= 15 is 0 Å². The lowest BCUT2D eigenvalue weighted by Gasteiger charge is -2.26. The van der Waals surface area contributed by atoms with Gasteiger partial charge in [-0.25, -0.2) is 8.42 Å². The summed E-state index contributed by atoms with van der Waals surface area (Å²) in [6.07, 6.45) is -0.305. The fraction of sp³-hybridized carbons (Fsp3) is 0.333. The summed E-state index contributed by atoms with van der Waals surface area (Å²) in [5, 5.41) is 10.4. The average molecular weight is 347 g/mol. The van der Waals surface area contributed by atoms with Gasteiger partial charge in [-0.1, -0.05) is 29.8 Å². The summed E-state index contributed by atoms with van der Waals surface area (Å²) in [6.45, 7) is 2.21. The molecule has 3 rings (SSSR count). The van der Waals surface area contributed by atoms with Crippen LogP contribution in [0.4, 0.5) is 0 Å². The molecule has 0 aromatic heterocycles. The van der Waals surface area contributed by atoms with Gasteiger partial charge in [0.05, 0.1) is 24.2 Å². The van der Waals surface area contributed by atoms with Crippen LogP contribution in [0.1, 0.15) is 23.6 Å². The molecular formula is C18H21NO4S. The van der Waals surface area contributed by atoms with Gasteiger partial charge in [0.2, 0.25) is 10.0 Å². The van der Waals surface area contributed by atoms with Crippen LogP contribution >= 0.6 is 0 Å². The fourth-order valence-electron chi connectivity index (χ4n) is 3.05. The second-order valence-corrected chi connectivity index (χ2v) is 7.89. The SMILES string of the molecule is COc1ccc([C@H]2[C@@H](O)CCN2S(=O)(=O)c2ccc(C)cc2)cc1. The first kappa shape index (κ1) is 17.0. The van der Waals surface area contributed by atoms with Crippen molar-refractivity contribution in [3.8, 4) is 5.75 Å². The molecule has 1 aliphatic heterocycles. The van der Waals surface area contributed by atoms with Gasteiger partial charge < -0.3 is 9.84 Å². The van der Waals surface area contributed by atoms with Crippen molar-refractivity contribution < 1.29 is 18.3 Å². The molecule has 1 saturated heterocycles. The first-order valence-corrected chi connectivity index (χ1v) is 9.28. The summed E-state index contributed by atoms with van der Waals surface area (Å²) in [5.41, 5.74) is 1.76. The molecule has 0 aliphatic carbocycles. The van der Waals surface area contributed by atoms with Crippen LogP contribution in [0, 0.1) is 6.92 Å². The number of benzene rings is 2. The van der Waals surface area contributed by atoms with E-state index in [1.54, 1.807) is 55.6 Å². The molecule has 0 unspecified atom stereocenters. The van der Waals surface area contributed by atoms with Gasteiger partial charge in [0, 0.05) is 6.54 Å². The highest BCUT2D eigenvalue weighted by molar-refractivity contribution is 7.89. The van der Waals surface area contributed by atoms with Crippen molar-refractivity contribution in [3.05, 3.63) is 59.7 Å². The third-order valence-corrected chi connectivity index (χ3v) is 6.30. The fourth-order valence-corrected chi connectivity index (χ4v) is 4.71. The van der Waals surface area contributed by atoms with Gasteiger partial charge in [0.15, 0.2) is 0 Å². The van der Waals surface area contributed by atoms with E-state index < -0.39 is 22.2 Å². The van der Waals surface area contributed by atoms with Crippen molar-refractivity contribution in [3.63, 3.8) is 0 Å². The number of hydrogen-bond acceptors (Lipinski definition) is 4. The Bertz CT molecular complexity index is 800. The number of aryl methyl sites for hydroxylation is 1. The lowest BCUT2D eigenvalue weighted by Crippen LogP contribution is -2.33. The Hall–Kier alpha value is -1.89. The number of hydrogen-bond donors (Lipinski definition) is 1. The summed E-state index contributed by atoms with van der Waals surface area (Å²) in [5.74, 6) is 0.694. The Kier molecular flexibility index (Phi) is 4.62. The normalized spacial score (nSPS) is 21.8. The van der Waals surface area contributed by atoms with Gasteiger partial charge in [-0.3, -0.25) is 0 Å². The first-order chi connectivity index (χ1) is 11.4. The molecule has 2 aromatic carbocycles. The third kappa shape index (κ3) is 3.05. The quantitative estimate of drug-likeness (QED) is 0.923. The minimum Gasteiger partial charge on any atom is -0.497 e. The molecule has 24 heavy (non-hydrogen) atoms. The largest absolute Gasteiger partial charge is 0.497 e. The van der Waals surface area contributed by atoms with E-state index in [4.69, 9.17) is 4.74 Å². The molecule has 0 radical (unpaired) electrons. The van der Waals surface area contributed by atoms with Crippen LogP contribution in [-0.4, -0.2) is 37.6 Å². The van der Waals surface area contributed by atoms with E-state index in [0.29, 0.717) is 18.7 Å². The Balaban J connectivity index is 1.97. The topological polar surface area (TPSA) is 66.8 Å². The van der Waals surface area contributed by atoms with E-state index in [9.17, 15) is 13.5 Å². The predicted octanol–water partition coefficient (Wildman–Crippen LogP) is 2.50. The summed E-state index contributed by atoms with van der Waals surface area (Å²) in [4.78, 5) is 0.251. The molecule has 1 fully saturated rings. The summed E-state index contributed by atoms with van der Waals surface area (Å²) in [6, 6.07) is 13.4. The molecule has 0 amide bonds. The molecule has 1 N–H and O–H groups in total. The van der Waals surface area contributed by atoms with Crippen LogP contribution in [0.2, 0.25) is 0 Å². The number of ether oxygens (including phenoxy) is 1. The number of aliphatic hydroxyl groups is 1. The smallest absolute Gasteiger partial charge is 0.243 e. The van der Waals surface area contributed by atoms with Crippen LogP contribution in [0.15, 0.2) is 53.4 Å². The minimum atomic E-state index is -3.66. The van der Waals surface area contributed by atoms with E-state index in [2.05, 4.69) is 0 Å². The molecule has 2 aromatic rings. The first-order valence-electron chi connectivity index (χ1n) is 7.84. The van der Waals surface area contributed by atoms with Crippen molar-refractivity contribution in [1.82, 2.24) is 4.31 Å². The molecule has 128 valence electrons. The van der Waals surface area contributed by atoms with Gasteiger partial charge in [-0.05, 0) is 43.2 Å². The zero-order chi connectivity index (χ0) is 17.3. The van der Waals surface area contributed by atoms with E-state index in [0.717, 1.165) is 11.1 Å². The van der Waals surface area contributed by atoms with E-state index in [1.165, 1.54) is 4.31 Å². The van der Waals surface area contributed by atoms with Gasteiger partial charge >= 0.3 is 0 Å². The summed E-state index contributed by atoms with van der Waals surface area (Å²) >= 11 is 0. The second kappa shape index (κ2) is 6.55. The van der Waals surface area contributed by atoms with Crippen molar-refractivity contribution in [1.29, 1.82) is 0 Å². The maximum absolute atomic E-state index is 13.0. The average Bonchev–Trinajstić information content (AvgIpc) is 2.98. The number of sulfonamides is 1. The maximum Gasteiger partial charge on any atom is 0.243 e. The summed E-state index contributed by atoms with van der Waals surface area (Å²) < 4.78 is 32.5. The van der Waals surface area contributed by atoms with Crippen molar-refractivity contribution >= 4 is 10.0 Å². The maximum atomic E-state index is 13.0. The molecule has 0 saturated carbocycles. The van der Waals surface area contributed by atoms with Crippen LogP contribution < -0.4 is 4.74 Å². The van der Waals surface area contributed by atoms with Gasteiger partial charge in [-0.2, -0.15) is 4.31 Å². The second-order valence-electron chi connectivity index (χ2n) is 6.00. The van der Waals surface area contributed by atoms with E-state index in [-0.39, 0.29) is 4.90 Å². The number of rotatable bonds is 4. The highest BCUT2D eigenvalue weighted by atomic mass is 32.2. The van der Waals surface area contributed by atoms with Gasteiger partial charge in [0.25, 0.3) is 0 Å². The molecule has 5 nitrogen and oxygen atoms in total. The van der Waals surface area contributed by atoms with Crippen molar-refractivity contribution in [2.45, 2.75) is 30.4 Å². The molecule has 6 heteroatoms. The Labute approximate surface area is 142 Å². The molecular weight excluding hydrogens is 326 g/mol. The number of nitrogens with zero attached hydrogens (tertiary/aromatic N) is 1. The number of methoxy groups -OCH3 is 1. The Morgan fingerprint density at radius 1 is 1.08 bits per heavy atom. The molecule has 2 atom stereocenters. The monoisotopic (exact) mass is 347 g/mol. The van der Waals surface area contributed by atoms with Crippen LogP contribution in [0.3, 0.4) is 0 Å². The zero-order valence-electron chi connectivity index (χ0n) is 13.7. The third-order valence-electron chi connectivity index (χ3n) is 4.40. The van der Waals surface area contributed by atoms with Crippen LogP contribution in [0.5, 0.6) is 5.75 Å². The van der Waals surface area contributed by atoms with Gasteiger partial charge in [-0.15, -0.1) is 0 Å². The minimum absolute atomic E-state index is 0.251. The summed E-state index contributed by atoms with van der Waals surface area (Å²) in [7, 11) is -2.08. The van der Waals surface area contributed by atoms with Crippen molar-refractivity contribution in [2.75, 3.05) is 13.7 Å². The van der Waals surface area contributed by atoms with Crippen LogP contribution in [0.25, 0.3) is 0 Å². The predicted molar refractivity (Wildman–Crippen MR) is 91.4 cm³/mol. The molecule has 0 bridgehead atoms. The zero-order valence-corrected chi connectivity index (χ0v) is 14.5. The Morgan fingerprint density at radius 3 is 2.29 bits per heavy atom. The number of aliphatic hydroxyl groups excluding tert-OH is 1. The standard InChI is InChI=1S/C18H21NO4S/c1-13-3-9-16(10-4-13)24(21,22)19-12-11-17(20)18(19)14-5-7-15(23-2)8-6-14/h3-10,17-18,20H,11-12H2,1-2H3/t17-,18-/m0/s1. The van der Waals surface area contributed by atoms with Crippen molar-refractivity contribution in [2.24, 2.45) is 0 Å². The molecule has 1 aliphatic rings. The highest BCUT2D eigenvalue weighted by Crippen LogP contribution is 2.37. The Morgan fingerprint density at radius 2 is 1.71 bits per heavy atom. The van der Waals surface area contributed by atoms with Crippen LogP contribution in [-0.2, 0) is 10.0 Å². The molecule has 1 heterocycles. The highest BCUT2D eigenvalue weighted by Gasteiger charge is 2.41. The van der Waals surface area contributed by atoms with E-state index in [1.807, 2.05) is 6.92 Å². The van der Waals surface area contributed by atoms with Gasteiger partial charge in [0.1, 0.15) is 5.75 Å². The lowest BCUT2D eigenvalue weighted by atomic mass is 10.0. The molecule has 0 spiro atoms.